The first-order chi connectivity index (χ1) is 3.66. The molecule has 48 valence electrons. The Kier molecular flexibility index (Phi) is 4.01. The normalized spacial score (nSPS) is 14.0. The van der Waals surface area contributed by atoms with E-state index >= 15 is 0 Å². The molecule has 4 heteroatoms. The van der Waals surface area contributed by atoms with Crippen LogP contribution in [0.4, 0.5) is 0 Å². The Balaban J connectivity index is 3.23. The number of hydrogen-bond donors (Lipinski definition) is 2. The van der Waals surface area contributed by atoms with Gasteiger partial charge >= 0.3 is 8.60 Å². The first kappa shape index (κ1) is 8.05. The van der Waals surface area contributed by atoms with E-state index in [1.54, 1.807) is 6.92 Å². The Labute approximate surface area is 49.6 Å². The van der Waals surface area contributed by atoms with E-state index in [0.29, 0.717) is 0 Å². The maximum Gasteiger partial charge on any atom is 0.327 e. The predicted molar refractivity (Wildman–Crippen MR) is 32.1 cm³/mol. The summed E-state index contributed by atoms with van der Waals surface area (Å²) in [5.41, 5.74) is 0. The van der Waals surface area contributed by atoms with Crippen molar-refractivity contribution in [2.45, 2.75) is 13.0 Å². The summed E-state index contributed by atoms with van der Waals surface area (Å²) in [6.07, 6.45) is 1.21. The van der Waals surface area contributed by atoms with Gasteiger partial charge in [0.25, 0.3) is 0 Å². The third-order valence-corrected chi connectivity index (χ3v) is 1.11. The van der Waals surface area contributed by atoms with Gasteiger partial charge in [0.2, 0.25) is 0 Å². The molecule has 0 saturated heterocycles. The summed E-state index contributed by atoms with van der Waals surface area (Å²) in [7, 11) is -2.22. The fourth-order valence-corrected chi connectivity index (χ4v) is 0.575. The van der Waals surface area contributed by atoms with E-state index in [-0.39, 0.29) is 6.10 Å². The van der Waals surface area contributed by atoms with Crippen LogP contribution < -0.4 is 0 Å². The van der Waals surface area contributed by atoms with Gasteiger partial charge in [0.15, 0.2) is 0 Å². The van der Waals surface area contributed by atoms with Gasteiger partial charge < -0.3 is 14.3 Å². The van der Waals surface area contributed by atoms with E-state index in [9.17, 15) is 0 Å². The minimum Gasteiger partial charge on any atom is -0.328 e. The van der Waals surface area contributed by atoms with Gasteiger partial charge in [-0.05, 0) is 6.92 Å². The molecule has 0 saturated carbocycles. The Bertz CT molecular complexity index is 73.7. The van der Waals surface area contributed by atoms with Crippen molar-refractivity contribution in [2.75, 3.05) is 0 Å². The van der Waals surface area contributed by atoms with Crippen molar-refractivity contribution in [1.29, 1.82) is 0 Å². The van der Waals surface area contributed by atoms with Gasteiger partial charge in [0.05, 0.1) is 6.10 Å². The molecule has 0 amide bonds. The zero-order valence-electron chi connectivity index (χ0n) is 4.61. The molecule has 0 aliphatic heterocycles. The van der Waals surface area contributed by atoms with Crippen LogP contribution in [0.25, 0.3) is 0 Å². The van der Waals surface area contributed by atoms with Crippen LogP contribution in [0.5, 0.6) is 0 Å². The fourth-order valence-electron chi connectivity index (χ4n) is 0.192. The minimum absolute atomic E-state index is 0.281. The third-order valence-electron chi connectivity index (χ3n) is 0.592. The average molecular weight is 136 g/mol. The van der Waals surface area contributed by atoms with Crippen molar-refractivity contribution in [3.8, 4) is 0 Å². The summed E-state index contributed by atoms with van der Waals surface area (Å²) in [4.78, 5) is 16.4. The lowest BCUT2D eigenvalue weighted by Crippen LogP contribution is -1.97. The average Bonchev–Trinajstić information content (AvgIpc) is 1.65. The second kappa shape index (κ2) is 3.98. The molecule has 0 aliphatic rings. The highest BCUT2D eigenvalue weighted by Crippen LogP contribution is 2.26. The second-order valence-corrected chi connectivity index (χ2v) is 2.02. The van der Waals surface area contributed by atoms with E-state index in [0.717, 1.165) is 0 Å². The lowest BCUT2D eigenvalue weighted by atomic mass is 10.4. The summed E-state index contributed by atoms with van der Waals surface area (Å²) in [5, 5.41) is 0. The highest BCUT2D eigenvalue weighted by molar-refractivity contribution is 7.39. The first-order valence-electron chi connectivity index (χ1n) is 2.14. The summed E-state index contributed by atoms with van der Waals surface area (Å²) < 4.78 is 4.46. The van der Waals surface area contributed by atoms with Crippen LogP contribution in [0.1, 0.15) is 6.92 Å². The molecule has 2 N–H and O–H groups in total. The van der Waals surface area contributed by atoms with Crippen molar-refractivity contribution >= 4 is 8.60 Å². The zero-order valence-corrected chi connectivity index (χ0v) is 5.51. The smallest absolute Gasteiger partial charge is 0.327 e. The molecule has 0 fully saturated rings. The molecule has 0 radical (unpaired) electrons. The summed E-state index contributed by atoms with van der Waals surface area (Å²) in [5.74, 6) is 0. The van der Waals surface area contributed by atoms with E-state index < -0.39 is 8.60 Å². The molecule has 1 atom stereocenters. The zero-order chi connectivity index (χ0) is 6.57. The van der Waals surface area contributed by atoms with E-state index in [2.05, 4.69) is 11.1 Å². The van der Waals surface area contributed by atoms with Crippen LogP contribution in [-0.2, 0) is 4.52 Å². The van der Waals surface area contributed by atoms with Crippen molar-refractivity contribution in [3.05, 3.63) is 12.7 Å². The molecule has 0 spiro atoms. The maximum absolute atomic E-state index is 8.20. The van der Waals surface area contributed by atoms with E-state index in [4.69, 9.17) is 9.79 Å². The summed E-state index contributed by atoms with van der Waals surface area (Å²) in [6.45, 7) is 5.05. The Morgan fingerprint density at radius 3 is 2.38 bits per heavy atom. The maximum atomic E-state index is 8.20. The van der Waals surface area contributed by atoms with Gasteiger partial charge in [-0.3, -0.25) is 0 Å². The van der Waals surface area contributed by atoms with Gasteiger partial charge in [-0.15, -0.1) is 6.58 Å². The Hall–Kier alpha value is 0.0500. The number of hydrogen-bond acceptors (Lipinski definition) is 3. The van der Waals surface area contributed by atoms with E-state index in [1.807, 2.05) is 0 Å². The molecule has 0 bridgehead atoms. The lowest BCUT2D eigenvalue weighted by Gasteiger charge is -2.06. The minimum atomic E-state index is -2.22. The number of rotatable bonds is 3. The predicted octanol–water partition coefficient (Wildman–Crippen LogP) is 0.789. The fraction of sp³-hybridized carbons (Fsp3) is 0.500. The third kappa shape index (κ3) is 4.22. The van der Waals surface area contributed by atoms with Crippen LogP contribution >= 0.6 is 8.60 Å². The molecular formula is C4H9O3P. The molecule has 0 heterocycles. The van der Waals surface area contributed by atoms with Crippen LogP contribution in [0.3, 0.4) is 0 Å². The molecule has 0 rings (SSSR count). The highest BCUT2D eigenvalue weighted by atomic mass is 31.2. The van der Waals surface area contributed by atoms with Crippen LogP contribution in [-0.4, -0.2) is 15.9 Å². The largest absolute Gasteiger partial charge is 0.328 e. The van der Waals surface area contributed by atoms with E-state index in [1.165, 1.54) is 6.08 Å². The standard InChI is InChI=1S/C4H9O3P/c1-3-4(2)7-8(5)6/h3-6H,1H2,2H3. The molecule has 0 aromatic carbocycles. The quantitative estimate of drug-likeness (QED) is 0.445. The molecule has 0 aliphatic carbocycles. The molecule has 0 aromatic heterocycles. The van der Waals surface area contributed by atoms with Crippen LogP contribution in [0, 0.1) is 0 Å². The highest BCUT2D eigenvalue weighted by Gasteiger charge is 2.02. The summed E-state index contributed by atoms with van der Waals surface area (Å²) >= 11 is 0. The molecule has 1 unspecified atom stereocenters. The Morgan fingerprint density at radius 2 is 2.25 bits per heavy atom. The van der Waals surface area contributed by atoms with Crippen LogP contribution in [0.15, 0.2) is 12.7 Å². The molecule has 0 aromatic rings. The van der Waals surface area contributed by atoms with Crippen molar-refractivity contribution < 1.29 is 14.3 Å². The summed E-state index contributed by atoms with van der Waals surface area (Å²) in [6, 6.07) is 0. The SMILES string of the molecule is C=CC(C)OP(O)O. The topological polar surface area (TPSA) is 49.7 Å². The first-order valence-corrected chi connectivity index (χ1v) is 3.30. The Morgan fingerprint density at radius 1 is 1.75 bits per heavy atom. The second-order valence-electron chi connectivity index (χ2n) is 1.30. The molecule has 3 nitrogen and oxygen atoms in total. The molecule has 8 heavy (non-hydrogen) atoms. The van der Waals surface area contributed by atoms with Gasteiger partial charge in [-0.2, -0.15) is 0 Å². The lowest BCUT2D eigenvalue weighted by molar-refractivity contribution is 0.221. The molecular weight excluding hydrogens is 127 g/mol. The van der Waals surface area contributed by atoms with Gasteiger partial charge in [-0.25, -0.2) is 0 Å². The van der Waals surface area contributed by atoms with Crippen LogP contribution in [0.2, 0.25) is 0 Å². The van der Waals surface area contributed by atoms with Crippen molar-refractivity contribution in [3.63, 3.8) is 0 Å². The van der Waals surface area contributed by atoms with Gasteiger partial charge in [-0.1, -0.05) is 6.08 Å². The van der Waals surface area contributed by atoms with Crippen molar-refractivity contribution in [1.82, 2.24) is 0 Å². The van der Waals surface area contributed by atoms with Crippen molar-refractivity contribution in [2.24, 2.45) is 0 Å². The monoisotopic (exact) mass is 136 g/mol. The van der Waals surface area contributed by atoms with Gasteiger partial charge in [0.1, 0.15) is 0 Å². The van der Waals surface area contributed by atoms with Gasteiger partial charge in [0, 0.05) is 0 Å².